The van der Waals surface area contributed by atoms with E-state index in [4.69, 9.17) is 4.74 Å². The van der Waals surface area contributed by atoms with Crippen LogP contribution in [0.3, 0.4) is 0 Å². The Hall–Kier alpha value is -0.120. The van der Waals surface area contributed by atoms with Gasteiger partial charge in [-0.2, -0.15) is 0 Å². The van der Waals surface area contributed by atoms with E-state index < -0.39 is 0 Å². The van der Waals surface area contributed by atoms with Gasteiger partial charge >= 0.3 is 0 Å². The number of ether oxygens (including phenoxy) is 1. The molecule has 1 heterocycles. The van der Waals surface area contributed by atoms with Gasteiger partial charge in [-0.3, -0.25) is 0 Å². The van der Waals surface area contributed by atoms with Crippen molar-refractivity contribution in [3.05, 3.63) is 0 Å². The van der Waals surface area contributed by atoms with Gasteiger partial charge in [0.15, 0.2) is 0 Å². The molecule has 1 unspecified atom stereocenters. The van der Waals surface area contributed by atoms with Gasteiger partial charge < -0.3 is 15.0 Å². The Balaban J connectivity index is 2.28. The zero-order valence-corrected chi connectivity index (χ0v) is 9.21. The highest BCUT2D eigenvalue weighted by molar-refractivity contribution is 4.81. The van der Waals surface area contributed by atoms with Crippen molar-refractivity contribution in [3.8, 4) is 0 Å². The Bertz CT molecular complexity index is 144. The van der Waals surface area contributed by atoms with Crippen molar-refractivity contribution in [2.24, 2.45) is 5.92 Å². The van der Waals surface area contributed by atoms with E-state index >= 15 is 0 Å². The summed E-state index contributed by atoms with van der Waals surface area (Å²) in [4.78, 5) is 2.23. The predicted octanol–water partition coefficient (Wildman–Crippen LogP) is 0.561. The molecule has 0 saturated carbocycles. The van der Waals surface area contributed by atoms with Crippen LogP contribution in [0.5, 0.6) is 0 Å². The Morgan fingerprint density at radius 1 is 1.38 bits per heavy atom. The van der Waals surface area contributed by atoms with Crippen LogP contribution in [0.25, 0.3) is 0 Å². The quantitative estimate of drug-likeness (QED) is 0.679. The third kappa shape index (κ3) is 3.63. The number of hydrogen-bond acceptors (Lipinski definition) is 3. The first kappa shape index (κ1) is 11.0. The molecule has 0 aromatic carbocycles. The van der Waals surface area contributed by atoms with Crippen LogP contribution in [0.2, 0.25) is 0 Å². The number of nitrogens with one attached hydrogen (secondary N) is 1. The van der Waals surface area contributed by atoms with E-state index in [0.717, 1.165) is 19.8 Å². The lowest BCUT2D eigenvalue weighted by Gasteiger charge is -2.34. The predicted molar refractivity (Wildman–Crippen MR) is 54.9 cm³/mol. The van der Waals surface area contributed by atoms with Crippen LogP contribution in [0.4, 0.5) is 0 Å². The van der Waals surface area contributed by atoms with Crippen LogP contribution in [0.15, 0.2) is 0 Å². The van der Waals surface area contributed by atoms with Gasteiger partial charge in [0.2, 0.25) is 0 Å². The van der Waals surface area contributed by atoms with Crippen LogP contribution in [-0.4, -0.2) is 50.8 Å². The van der Waals surface area contributed by atoms with E-state index in [0.29, 0.717) is 18.0 Å². The van der Waals surface area contributed by atoms with Crippen LogP contribution >= 0.6 is 0 Å². The molecule has 3 nitrogen and oxygen atoms in total. The first-order valence-electron chi connectivity index (χ1n) is 5.08. The van der Waals surface area contributed by atoms with Crippen LogP contribution < -0.4 is 5.32 Å². The largest absolute Gasteiger partial charge is 0.378 e. The summed E-state index contributed by atoms with van der Waals surface area (Å²) in [7, 11) is 4.24. The Kier molecular flexibility index (Phi) is 4.16. The van der Waals surface area contributed by atoms with Gasteiger partial charge in [-0.25, -0.2) is 0 Å². The van der Waals surface area contributed by atoms with Crippen molar-refractivity contribution in [3.63, 3.8) is 0 Å². The monoisotopic (exact) mass is 186 g/mol. The minimum absolute atomic E-state index is 0.587. The zero-order valence-electron chi connectivity index (χ0n) is 9.21. The lowest BCUT2D eigenvalue weighted by molar-refractivity contribution is -0.0138. The molecule has 3 heteroatoms. The Labute approximate surface area is 81.4 Å². The third-order valence-electron chi connectivity index (χ3n) is 2.45. The van der Waals surface area contributed by atoms with Crippen LogP contribution in [-0.2, 0) is 4.74 Å². The molecule has 1 atom stereocenters. The molecule has 0 aromatic rings. The second-order valence-electron chi connectivity index (χ2n) is 4.51. The van der Waals surface area contributed by atoms with Gasteiger partial charge in [-0.05, 0) is 20.0 Å². The summed E-state index contributed by atoms with van der Waals surface area (Å²) in [6, 6.07) is 1.18. The summed E-state index contributed by atoms with van der Waals surface area (Å²) in [6.07, 6.45) is 0. The molecule has 0 bridgehead atoms. The molecule has 13 heavy (non-hydrogen) atoms. The van der Waals surface area contributed by atoms with Crippen LogP contribution in [0.1, 0.15) is 13.8 Å². The molecule has 1 saturated heterocycles. The molecule has 1 rings (SSSR count). The molecule has 1 aliphatic rings. The average molecular weight is 186 g/mol. The second kappa shape index (κ2) is 4.94. The molecule has 0 amide bonds. The van der Waals surface area contributed by atoms with Crippen molar-refractivity contribution in [2.75, 3.05) is 33.9 Å². The van der Waals surface area contributed by atoms with Crippen molar-refractivity contribution in [1.29, 1.82) is 0 Å². The first-order chi connectivity index (χ1) is 6.09. The van der Waals surface area contributed by atoms with E-state index in [9.17, 15) is 0 Å². The lowest BCUT2D eigenvalue weighted by Crippen LogP contribution is -2.54. The van der Waals surface area contributed by atoms with E-state index in [2.05, 4.69) is 38.2 Å². The molecule has 1 aliphatic heterocycles. The van der Waals surface area contributed by atoms with Crippen molar-refractivity contribution >= 4 is 0 Å². The topological polar surface area (TPSA) is 24.5 Å². The smallest absolute Gasteiger partial charge is 0.0643 e. The fourth-order valence-corrected chi connectivity index (χ4v) is 1.48. The maximum Gasteiger partial charge on any atom is 0.0643 e. The Morgan fingerprint density at radius 2 is 2.00 bits per heavy atom. The fraction of sp³-hybridized carbons (Fsp3) is 1.00. The van der Waals surface area contributed by atoms with Gasteiger partial charge in [0.1, 0.15) is 0 Å². The van der Waals surface area contributed by atoms with Crippen molar-refractivity contribution in [2.45, 2.75) is 25.9 Å². The molecule has 1 N–H and O–H groups in total. The van der Waals surface area contributed by atoms with Crippen molar-refractivity contribution < 1.29 is 4.74 Å². The summed E-state index contributed by atoms with van der Waals surface area (Å²) < 4.78 is 5.14. The third-order valence-corrected chi connectivity index (χ3v) is 2.45. The summed E-state index contributed by atoms with van der Waals surface area (Å²) in [5, 5.41) is 3.62. The van der Waals surface area contributed by atoms with E-state index in [1.54, 1.807) is 0 Å². The minimum atomic E-state index is 0.587. The van der Waals surface area contributed by atoms with Crippen molar-refractivity contribution in [1.82, 2.24) is 10.2 Å². The first-order valence-corrected chi connectivity index (χ1v) is 5.08. The standard InChI is InChI=1S/C10H22N2O/c1-8(2)10(5-12(3)4)11-9-6-13-7-9/h8-11H,5-7H2,1-4H3. The van der Waals surface area contributed by atoms with Gasteiger partial charge in [0.05, 0.1) is 19.3 Å². The van der Waals surface area contributed by atoms with E-state index in [-0.39, 0.29) is 0 Å². The summed E-state index contributed by atoms with van der Waals surface area (Å²) >= 11 is 0. The van der Waals surface area contributed by atoms with Gasteiger partial charge in [-0.15, -0.1) is 0 Å². The number of rotatable bonds is 5. The lowest BCUT2D eigenvalue weighted by atomic mass is 10.0. The molecule has 0 radical (unpaired) electrons. The van der Waals surface area contributed by atoms with E-state index in [1.807, 2.05) is 0 Å². The normalized spacial score (nSPS) is 20.8. The van der Waals surface area contributed by atoms with Gasteiger partial charge in [0.25, 0.3) is 0 Å². The maximum atomic E-state index is 5.14. The maximum absolute atomic E-state index is 5.14. The van der Waals surface area contributed by atoms with Gasteiger partial charge in [-0.1, -0.05) is 13.8 Å². The Morgan fingerprint density at radius 3 is 2.31 bits per heavy atom. The summed E-state index contributed by atoms with van der Waals surface area (Å²) in [5.74, 6) is 0.683. The molecule has 0 spiro atoms. The summed E-state index contributed by atoms with van der Waals surface area (Å²) in [6.45, 7) is 7.41. The second-order valence-corrected chi connectivity index (χ2v) is 4.51. The molecule has 1 fully saturated rings. The molecular formula is C10H22N2O. The SMILES string of the molecule is CC(C)C(CN(C)C)NC1COC1. The molecule has 0 aliphatic carbocycles. The highest BCUT2D eigenvalue weighted by atomic mass is 16.5. The van der Waals surface area contributed by atoms with E-state index in [1.165, 1.54) is 0 Å². The molecule has 78 valence electrons. The fourth-order valence-electron chi connectivity index (χ4n) is 1.48. The highest BCUT2D eigenvalue weighted by Gasteiger charge is 2.23. The minimum Gasteiger partial charge on any atom is -0.378 e. The summed E-state index contributed by atoms with van der Waals surface area (Å²) in [5.41, 5.74) is 0. The molecule has 0 aromatic heterocycles. The number of likely N-dealkylation sites (N-methyl/N-ethyl adjacent to an activating group) is 1. The number of nitrogens with zero attached hydrogens (tertiary/aromatic N) is 1. The molecular weight excluding hydrogens is 164 g/mol. The highest BCUT2D eigenvalue weighted by Crippen LogP contribution is 2.07. The number of hydrogen-bond donors (Lipinski definition) is 1. The van der Waals surface area contributed by atoms with Crippen LogP contribution in [0, 0.1) is 5.92 Å². The average Bonchev–Trinajstić information content (AvgIpc) is 1.92. The van der Waals surface area contributed by atoms with Gasteiger partial charge in [0, 0.05) is 12.6 Å². The zero-order chi connectivity index (χ0) is 9.84.